The lowest BCUT2D eigenvalue weighted by molar-refractivity contribution is 0.415. The molecule has 3 aromatic carbocycles. The second-order valence-corrected chi connectivity index (χ2v) is 8.62. The minimum absolute atomic E-state index is 0.0673. The number of rotatable bonds is 8. The summed E-state index contributed by atoms with van der Waals surface area (Å²) in [6, 6.07) is 20.4. The van der Waals surface area contributed by atoms with Gasteiger partial charge < -0.3 is 20.5 Å². The van der Waals surface area contributed by atoms with E-state index in [0.717, 1.165) is 21.6 Å². The van der Waals surface area contributed by atoms with E-state index < -0.39 is 0 Å². The van der Waals surface area contributed by atoms with Crippen LogP contribution >= 0.6 is 31.9 Å². The van der Waals surface area contributed by atoms with Crippen LogP contribution in [0.1, 0.15) is 5.56 Å². The van der Waals surface area contributed by atoms with Crippen LogP contribution in [0.3, 0.4) is 0 Å². The lowest BCUT2D eigenvalue weighted by Gasteiger charge is -2.10. The first-order valence-corrected chi connectivity index (χ1v) is 11.5. The van der Waals surface area contributed by atoms with Crippen LogP contribution in [0, 0.1) is 0 Å². The summed E-state index contributed by atoms with van der Waals surface area (Å²) in [5, 5.41) is 20.7. The largest absolute Gasteiger partial charge is 0.506 e. The molecule has 34 heavy (non-hydrogen) atoms. The molecule has 0 atom stereocenters. The molecule has 0 saturated heterocycles. The summed E-state index contributed by atoms with van der Waals surface area (Å²) in [4.78, 5) is 13.2. The zero-order chi connectivity index (χ0) is 23.9. The number of ether oxygens (including phenoxy) is 1. The summed E-state index contributed by atoms with van der Waals surface area (Å²) in [5.41, 5.74) is 4.89. The molecule has 4 rings (SSSR count). The molecule has 1 heterocycles. The topological polar surface area (TPSA) is 117 Å². The van der Waals surface area contributed by atoms with E-state index in [1.807, 2.05) is 54.6 Å². The predicted octanol–water partition coefficient (Wildman–Crippen LogP) is 6.04. The molecule has 172 valence electrons. The molecule has 0 radical (unpaired) electrons. The first kappa shape index (κ1) is 23.5. The van der Waals surface area contributed by atoms with E-state index in [1.165, 1.54) is 6.21 Å². The van der Waals surface area contributed by atoms with Crippen molar-refractivity contribution in [1.29, 1.82) is 0 Å². The Morgan fingerprint density at radius 1 is 0.853 bits per heavy atom. The molecule has 0 aliphatic rings. The van der Waals surface area contributed by atoms with Gasteiger partial charge in [0.05, 0.1) is 17.8 Å². The Hall–Kier alpha value is -3.70. The van der Waals surface area contributed by atoms with Crippen molar-refractivity contribution in [3.8, 4) is 11.5 Å². The molecule has 1 aromatic heterocycles. The van der Waals surface area contributed by atoms with E-state index in [9.17, 15) is 5.11 Å². The first-order chi connectivity index (χ1) is 16.5. The highest BCUT2D eigenvalue weighted by molar-refractivity contribution is 9.11. The number of halogens is 2. The summed E-state index contributed by atoms with van der Waals surface area (Å²) in [5.74, 6) is 1.64. The van der Waals surface area contributed by atoms with Crippen LogP contribution in [0.15, 0.2) is 80.8 Å². The van der Waals surface area contributed by atoms with E-state index in [-0.39, 0.29) is 11.7 Å². The maximum atomic E-state index is 10.2. The van der Waals surface area contributed by atoms with Crippen molar-refractivity contribution in [3.63, 3.8) is 0 Å². The van der Waals surface area contributed by atoms with Crippen LogP contribution < -0.4 is 20.8 Å². The van der Waals surface area contributed by atoms with Gasteiger partial charge in [-0.3, -0.25) is 0 Å². The first-order valence-electron chi connectivity index (χ1n) is 9.96. The summed E-state index contributed by atoms with van der Waals surface area (Å²) < 4.78 is 6.54. The fourth-order valence-corrected chi connectivity index (χ4v) is 4.09. The number of phenolic OH excluding ortho intramolecular Hbond substituents is 1. The van der Waals surface area contributed by atoms with Gasteiger partial charge in [-0.2, -0.15) is 20.1 Å². The van der Waals surface area contributed by atoms with Crippen molar-refractivity contribution >= 4 is 67.3 Å². The normalized spacial score (nSPS) is 10.8. The van der Waals surface area contributed by atoms with E-state index in [2.05, 4.69) is 68.0 Å². The second kappa shape index (κ2) is 10.9. The second-order valence-electron chi connectivity index (χ2n) is 6.85. The Labute approximate surface area is 212 Å². The van der Waals surface area contributed by atoms with Gasteiger partial charge in [0.2, 0.25) is 17.8 Å². The van der Waals surface area contributed by atoms with Crippen LogP contribution in [0.25, 0.3) is 0 Å². The standard InChI is InChI=1S/C23H19Br2N7O2/c1-34-18-9-7-17(8-10-18)28-22-29-21(27-16-5-3-2-4-6-16)30-23(31-22)32-26-13-14-11-15(24)12-19(25)20(14)33/h2-13,33H,1H3,(H3,27,28,29,30,31,32). The smallest absolute Gasteiger partial charge is 0.250 e. The van der Waals surface area contributed by atoms with E-state index >= 15 is 0 Å². The number of hydrogen-bond donors (Lipinski definition) is 4. The molecule has 11 heteroatoms. The fraction of sp³-hybridized carbons (Fsp3) is 0.0435. The van der Waals surface area contributed by atoms with Crippen molar-refractivity contribution < 1.29 is 9.84 Å². The van der Waals surface area contributed by atoms with Crippen LogP contribution in [-0.4, -0.2) is 33.4 Å². The highest BCUT2D eigenvalue weighted by Crippen LogP contribution is 2.30. The molecule has 0 bridgehead atoms. The van der Waals surface area contributed by atoms with Crippen LogP contribution in [-0.2, 0) is 0 Å². The zero-order valence-corrected chi connectivity index (χ0v) is 21.0. The molecular weight excluding hydrogens is 566 g/mol. The lowest BCUT2D eigenvalue weighted by Crippen LogP contribution is -2.07. The van der Waals surface area contributed by atoms with Crippen molar-refractivity contribution in [1.82, 2.24) is 15.0 Å². The molecule has 0 spiro atoms. The summed E-state index contributed by atoms with van der Waals surface area (Å²) in [7, 11) is 1.61. The molecule has 0 aliphatic heterocycles. The molecule has 4 aromatic rings. The Morgan fingerprint density at radius 2 is 1.47 bits per heavy atom. The minimum Gasteiger partial charge on any atom is -0.506 e. The lowest BCUT2D eigenvalue weighted by atomic mass is 10.2. The van der Waals surface area contributed by atoms with Gasteiger partial charge in [0.1, 0.15) is 11.5 Å². The van der Waals surface area contributed by atoms with Crippen molar-refractivity contribution in [2.45, 2.75) is 0 Å². The van der Waals surface area contributed by atoms with E-state index in [0.29, 0.717) is 21.9 Å². The number of hydrogen-bond acceptors (Lipinski definition) is 9. The average Bonchev–Trinajstić information content (AvgIpc) is 2.83. The van der Waals surface area contributed by atoms with Gasteiger partial charge in [-0.05, 0) is 64.5 Å². The van der Waals surface area contributed by atoms with E-state index in [4.69, 9.17) is 4.74 Å². The highest BCUT2D eigenvalue weighted by Gasteiger charge is 2.09. The Kier molecular flexibility index (Phi) is 7.55. The third kappa shape index (κ3) is 6.21. The molecule has 0 aliphatic carbocycles. The van der Waals surface area contributed by atoms with Crippen LogP contribution in [0.5, 0.6) is 11.5 Å². The molecule has 0 unspecified atom stereocenters. The number of hydrazone groups is 1. The monoisotopic (exact) mass is 583 g/mol. The molecule has 0 amide bonds. The Balaban J connectivity index is 1.59. The Bertz CT molecular complexity index is 1300. The number of para-hydroxylation sites is 1. The van der Waals surface area contributed by atoms with Crippen molar-refractivity contribution in [2.75, 3.05) is 23.2 Å². The van der Waals surface area contributed by atoms with Gasteiger partial charge in [-0.1, -0.05) is 34.1 Å². The number of aromatic hydroxyl groups is 1. The van der Waals surface area contributed by atoms with Gasteiger partial charge in [0.25, 0.3) is 0 Å². The maximum absolute atomic E-state index is 10.2. The van der Waals surface area contributed by atoms with Gasteiger partial charge in [0, 0.05) is 21.4 Å². The number of nitrogens with zero attached hydrogens (tertiary/aromatic N) is 4. The third-order valence-corrected chi connectivity index (χ3v) is 5.50. The fourth-order valence-electron chi connectivity index (χ4n) is 2.84. The molecule has 4 N–H and O–H groups in total. The Morgan fingerprint density at radius 3 is 2.12 bits per heavy atom. The summed E-state index contributed by atoms with van der Waals surface area (Å²) >= 11 is 6.70. The van der Waals surface area contributed by atoms with Crippen LogP contribution in [0.4, 0.5) is 29.2 Å². The molecule has 9 nitrogen and oxygen atoms in total. The SMILES string of the molecule is COc1ccc(Nc2nc(NN=Cc3cc(Br)cc(Br)c3O)nc(Nc3ccccc3)n2)cc1. The van der Waals surface area contributed by atoms with Gasteiger partial charge in [0.15, 0.2) is 0 Å². The number of nitrogens with one attached hydrogen (secondary N) is 3. The van der Waals surface area contributed by atoms with Crippen molar-refractivity contribution in [3.05, 3.63) is 81.2 Å². The number of phenols is 1. The third-order valence-electron chi connectivity index (χ3n) is 4.44. The molecule has 0 saturated carbocycles. The van der Waals surface area contributed by atoms with Crippen LogP contribution in [0.2, 0.25) is 0 Å². The molecular formula is C23H19Br2N7O2. The van der Waals surface area contributed by atoms with Gasteiger partial charge in [-0.25, -0.2) is 5.43 Å². The average molecular weight is 585 g/mol. The van der Waals surface area contributed by atoms with Gasteiger partial charge in [-0.15, -0.1) is 0 Å². The number of aromatic nitrogens is 3. The summed E-state index contributed by atoms with van der Waals surface area (Å²) in [6.45, 7) is 0. The highest BCUT2D eigenvalue weighted by atomic mass is 79.9. The zero-order valence-electron chi connectivity index (χ0n) is 17.8. The number of anilines is 5. The number of benzene rings is 3. The minimum atomic E-state index is 0.0673. The number of methoxy groups -OCH3 is 1. The van der Waals surface area contributed by atoms with Gasteiger partial charge >= 0.3 is 0 Å². The quantitative estimate of drug-likeness (QED) is 0.146. The molecule has 0 fully saturated rings. The summed E-state index contributed by atoms with van der Waals surface area (Å²) in [6.07, 6.45) is 1.47. The van der Waals surface area contributed by atoms with Crippen molar-refractivity contribution in [2.24, 2.45) is 5.10 Å². The predicted molar refractivity (Wildman–Crippen MR) is 141 cm³/mol. The van der Waals surface area contributed by atoms with E-state index in [1.54, 1.807) is 19.2 Å². The maximum Gasteiger partial charge on any atom is 0.250 e.